The average Bonchev–Trinajstić information content (AvgIpc) is 3.29. The lowest BCUT2D eigenvalue weighted by Gasteiger charge is -2.30. The number of anilines is 1. The molecule has 2 N–H and O–H groups in total. The van der Waals surface area contributed by atoms with Gasteiger partial charge in [0.25, 0.3) is 0 Å². The zero-order valence-electron chi connectivity index (χ0n) is 11.7. The average molecular weight is 296 g/mol. The monoisotopic (exact) mass is 295 g/mol. The molecule has 0 amide bonds. The molecule has 2 unspecified atom stereocenters. The number of hydrogen-bond donors (Lipinski definition) is 2. The topological polar surface area (TPSA) is 58.0 Å². The summed E-state index contributed by atoms with van der Waals surface area (Å²) in [6, 6.07) is 1.80. The molecule has 110 valence electrons. The van der Waals surface area contributed by atoms with Crippen LogP contribution in [0.25, 0.3) is 0 Å². The van der Waals surface area contributed by atoms with Gasteiger partial charge in [0.1, 0.15) is 16.8 Å². The number of nitrogens with zero attached hydrogens (tertiary/aromatic N) is 2. The molecule has 0 radical (unpaired) electrons. The molecule has 0 saturated heterocycles. The zero-order valence-corrected chi connectivity index (χ0v) is 12.4. The third kappa shape index (κ3) is 3.41. The van der Waals surface area contributed by atoms with Gasteiger partial charge in [-0.05, 0) is 37.5 Å². The summed E-state index contributed by atoms with van der Waals surface area (Å²) >= 11 is 6.07. The maximum absolute atomic E-state index is 9.45. The van der Waals surface area contributed by atoms with Crippen LogP contribution in [0.15, 0.2) is 6.07 Å². The van der Waals surface area contributed by atoms with E-state index in [4.69, 9.17) is 11.6 Å². The van der Waals surface area contributed by atoms with Crippen molar-refractivity contribution < 1.29 is 5.11 Å². The van der Waals surface area contributed by atoms with Gasteiger partial charge in [0.05, 0.1) is 0 Å². The highest BCUT2D eigenvalue weighted by Gasteiger charge is 2.28. The maximum atomic E-state index is 9.45. The van der Waals surface area contributed by atoms with E-state index in [1.165, 1.54) is 32.1 Å². The molecule has 1 aromatic heterocycles. The first-order valence-corrected chi connectivity index (χ1v) is 8.03. The standard InChI is InChI=1S/C15H22ClN3O/c16-13-7-14(19-15(18-13)10-5-6-10)17-8-11-3-1-2-4-12(11)9-20/h7,10-12,20H,1-6,8-9H2,(H,17,18,19). The van der Waals surface area contributed by atoms with Gasteiger partial charge < -0.3 is 10.4 Å². The number of hydrogen-bond acceptors (Lipinski definition) is 4. The van der Waals surface area contributed by atoms with Crippen LogP contribution in [0.2, 0.25) is 5.15 Å². The van der Waals surface area contributed by atoms with Crippen LogP contribution in [0.3, 0.4) is 0 Å². The minimum absolute atomic E-state index is 0.296. The van der Waals surface area contributed by atoms with E-state index in [1.54, 1.807) is 6.07 Å². The molecule has 4 nitrogen and oxygen atoms in total. The van der Waals surface area contributed by atoms with Crippen LogP contribution in [-0.2, 0) is 0 Å². The minimum atomic E-state index is 0.296. The fraction of sp³-hybridized carbons (Fsp3) is 0.733. The number of aliphatic hydroxyl groups is 1. The number of aliphatic hydroxyl groups excluding tert-OH is 1. The Morgan fingerprint density at radius 2 is 1.90 bits per heavy atom. The molecule has 0 bridgehead atoms. The lowest BCUT2D eigenvalue weighted by molar-refractivity contribution is 0.141. The van der Waals surface area contributed by atoms with Crippen molar-refractivity contribution in [3.63, 3.8) is 0 Å². The first-order chi connectivity index (χ1) is 9.76. The fourth-order valence-corrected chi connectivity index (χ4v) is 3.27. The number of nitrogens with one attached hydrogen (secondary N) is 1. The van der Waals surface area contributed by atoms with Gasteiger partial charge in [-0.2, -0.15) is 0 Å². The highest BCUT2D eigenvalue weighted by Crippen LogP contribution is 2.39. The lowest BCUT2D eigenvalue weighted by atomic mass is 9.79. The minimum Gasteiger partial charge on any atom is -0.396 e. The van der Waals surface area contributed by atoms with E-state index in [0.29, 0.717) is 29.5 Å². The van der Waals surface area contributed by atoms with Gasteiger partial charge in [0, 0.05) is 25.1 Å². The first-order valence-electron chi connectivity index (χ1n) is 7.65. The van der Waals surface area contributed by atoms with Crippen molar-refractivity contribution >= 4 is 17.4 Å². The second kappa shape index (κ2) is 6.27. The van der Waals surface area contributed by atoms with E-state index in [9.17, 15) is 5.11 Å². The number of aromatic nitrogens is 2. The second-order valence-electron chi connectivity index (χ2n) is 6.08. The summed E-state index contributed by atoms with van der Waals surface area (Å²) in [7, 11) is 0. The Kier molecular flexibility index (Phi) is 4.41. The highest BCUT2D eigenvalue weighted by molar-refractivity contribution is 6.29. The molecule has 2 saturated carbocycles. The molecular weight excluding hydrogens is 274 g/mol. The predicted octanol–water partition coefficient (Wildman–Crippen LogP) is 3.22. The normalized spacial score (nSPS) is 26.5. The fourth-order valence-electron chi connectivity index (χ4n) is 3.08. The molecule has 3 rings (SSSR count). The van der Waals surface area contributed by atoms with E-state index < -0.39 is 0 Å². The second-order valence-corrected chi connectivity index (χ2v) is 6.46. The summed E-state index contributed by atoms with van der Waals surface area (Å²) in [5.74, 6) is 3.17. The molecule has 0 spiro atoms. The Bertz CT molecular complexity index is 464. The van der Waals surface area contributed by atoms with Gasteiger partial charge in [0.2, 0.25) is 0 Å². The first kappa shape index (κ1) is 14.1. The summed E-state index contributed by atoms with van der Waals surface area (Å²) in [5, 5.41) is 13.4. The van der Waals surface area contributed by atoms with Crippen LogP contribution in [0.5, 0.6) is 0 Å². The van der Waals surface area contributed by atoms with Crippen molar-refractivity contribution in [2.75, 3.05) is 18.5 Å². The van der Waals surface area contributed by atoms with Gasteiger partial charge in [-0.15, -0.1) is 0 Å². The maximum Gasteiger partial charge on any atom is 0.135 e. The summed E-state index contributed by atoms with van der Waals surface area (Å²) < 4.78 is 0. The lowest BCUT2D eigenvalue weighted by Crippen LogP contribution is -2.28. The number of halogens is 1. The Balaban J connectivity index is 1.62. The predicted molar refractivity (Wildman–Crippen MR) is 80.0 cm³/mol. The smallest absolute Gasteiger partial charge is 0.135 e. The van der Waals surface area contributed by atoms with E-state index in [2.05, 4.69) is 15.3 Å². The molecule has 0 aromatic carbocycles. The van der Waals surface area contributed by atoms with Gasteiger partial charge in [-0.1, -0.05) is 24.4 Å². The van der Waals surface area contributed by atoms with Gasteiger partial charge in [0.15, 0.2) is 0 Å². The van der Waals surface area contributed by atoms with Gasteiger partial charge in [-0.3, -0.25) is 0 Å². The Morgan fingerprint density at radius 1 is 1.15 bits per heavy atom. The van der Waals surface area contributed by atoms with E-state index in [-0.39, 0.29) is 0 Å². The Morgan fingerprint density at radius 3 is 2.60 bits per heavy atom. The van der Waals surface area contributed by atoms with E-state index in [0.717, 1.165) is 24.6 Å². The molecule has 1 heterocycles. The van der Waals surface area contributed by atoms with Crippen molar-refractivity contribution in [1.82, 2.24) is 9.97 Å². The molecule has 2 fully saturated rings. The summed E-state index contributed by atoms with van der Waals surface area (Å²) in [6.07, 6.45) is 7.19. The third-order valence-corrected chi connectivity index (χ3v) is 4.69. The molecule has 0 aliphatic heterocycles. The highest BCUT2D eigenvalue weighted by atomic mass is 35.5. The summed E-state index contributed by atoms with van der Waals surface area (Å²) in [4.78, 5) is 8.86. The van der Waals surface area contributed by atoms with Crippen LogP contribution < -0.4 is 5.32 Å². The zero-order chi connectivity index (χ0) is 13.9. The van der Waals surface area contributed by atoms with Gasteiger partial charge >= 0.3 is 0 Å². The number of rotatable bonds is 5. The molecule has 2 atom stereocenters. The molecule has 20 heavy (non-hydrogen) atoms. The van der Waals surface area contributed by atoms with Crippen LogP contribution in [0.4, 0.5) is 5.82 Å². The summed E-state index contributed by atoms with van der Waals surface area (Å²) in [5.41, 5.74) is 0. The summed E-state index contributed by atoms with van der Waals surface area (Å²) in [6.45, 7) is 1.16. The molecule has 1 aromatic rings. The van der Waals surface area contributed by atoms with Crippen LogP contribution >= 0.6 is 11.6 Å². The van der Waals surface area contributed by atoms with Crippen molar-refractivity contribution in [2.24, 2.45) is 11.8 Å². The van der Waals surface area contributed by atoms with Crippen molar-refractivity contribution in [3.8, 4) is 0 Å². The van der Waals surface area contributed by atoms with Crippen LogP contribution in [0, 0.1) is 11.8 Å². The Hall–Kier alpha value is -0.870. The SMILES string of the molecule is OCC1CCCCC1CNc1cc(Cl)nc(C2CC2)n1. The third-order valence-electron chi connectivity index (χ3n) is 4.50. The Labute approximate surface area is 125 Å². The quantitative estimate of drug-likeness (QED) is 0.819. The van der Waals surface area contributed by atoms with Crippen LogP contribution in [0.1, 0.15) is 50.3 Å². The molecule has 5 heteroatoms. The van der Waals surface area contributed by atoms with Crippen molar-refractivity contribution in [2.45, 2.75) is 44.4 Å². The van der Waals surface area contributed by atoms with Gasteiger partial charge in [-0.25, -0.2) is 9.97 Å². The van der Waals surface area contributed by atoms with Crippen LogP contribution in [-0.4, -0.2) is 28.2 Å². The van der Waals surface area contributed by atoms with E-state index >= 15 is 0 Å². The molecular formula is C15H22ClN3O. The largest absolute Gasteiger partial charge is 0.396 e. The van der Waals surface area contributed by atoms with Crippen molar-refractivity contribution in [3.05, 3.63) is 17.0 Å². The van der Waals surface area contributed by atoms with Crippen molar-refractivity contribution in [1.29, 1.82) is 0 Å². The van der Waals surface area contributed by atoms with E-state index in [1.807, 2.05) is 0 Å². The molecule has 2 aliphatic rings. The molecule has 2 aliphatic carbocycles.